The van der Waals surface area contributed by atoms with Crippen LogP contribution in [0.3, 0.4) is 0 Å². The van der Waals surface area contributed by atoms with Crippen molar-refractivity contribution in [1.82, 2.24) is 4.90 Å². The number of aryl methyl sites for hydroxylation is 1. The van der Waals surface area contributed by atoms with E-state index in [4.69, 9.17) is 4.42 Å². The molecule has 0 N–H and O–H groups in total. The number of hydrogen-bond acceptors (Lipinski definition) is 4. The predicted octanol–water partition coefficient (Wildman–Crippen LogP) is 3.27. The molecular formula is C14H15FN2O3. The molecule has 1 heterocycles. The standard InChI is InChI=1S/C14H15FN2O3/c1-10-3-5-12(20-10)9-16(2)8-11-4-6-14(17(18)19)13(15)7-11/h3-7H,8-9H2,1-2H3. The molecule has 0 radical (unpaired) electrons. The minimum Gasteiger partial charge on any atom is -0.465 e. The Kier molecular flexibility index (Phi) is 4.14. The number of rotatable bonds is 5. The summed E-state index contributed by atoms with van der Waals surface area (Å²) in [4.78, 5) is 11.8. The van der Waals surface area contributed by atoms with Gasteiger partial charge in [-0.05, 0) is 37.7 Å². The van der Waals surface area contributed by atoms with Crippen LogP contribution >= 0.6 is 0 Å². The number of halogens is 1. The van der Waals surface area contributed by atoms with Crippen LogP contribution in [-0.4, -0.2) is 16.9 Å². The van der Waals surface area contributed by atoms with Crippen molar-refractivity contribution in [3.05, 3.63) is 63.3 Å². The quantitative estimate of drug-likeness (QED) is 0.622. The second kappa shape index (κ2) is 5.83. The van der Waals surface area contributed by atoms with E-state index < -0.39 is 16.4 Å². The first-order valence-corrected chi connectivity index (χ1v) is 6.12. The SMILES string of the molecule is Cc1ccc(CN(C)Cc2ccc([N+](=O)[O-])c(F)c2)o1. The van der Waals surface area contributed by atoms with E-state index in [9.17, 15) is 14.5 Å². The fraction of sp³-hybridized carbons (Fsp3) is 0.286. The van der Waals surface area contributed by atoms with E-state index >= 15 is 0 Å². The third-order valence-corrected chi connectivity index (χ3v) is 2.88. The molecule has 0 spiro atoms. The maximum absolute atomic E-state index is 13.5. The van der Waals surface area contributed by atoms with Gasteiger partial charge in [0.1, 0.15) is 11.5 Å². The van der Waals surface area contributed by atoms with Gasteiger partial charge in [-0.15, -0.1) is 0 Å². The molecule has 2 rings (SSSR count). The monoisotopic (exact) mass is 278 g/mol. The number of nitro benzene ring substituents is 1. The number of nitrogens with zero attached hydrogens (tertiary/aromatic N) is 2. The summed E-state index contributed by atoms with van der Waals surface area (Å²) in [6.07, 6.45) is 0. The topological polar surface area (TPSA) is 59.5 Å². The van der Waals surface area contributed by atoms with Crippen LogP contribution in [0, 0.1) is 22.9 Å². The fourth-order valence-electron chi connectivity index (χ4n) is 2.00. The van der Waals surface area contributed by atoms with Gasteiger partial charge in [0, 0.05) is 12.6 Å². The molecule has 0 saturated heterocycles. The molecule has 0 bridgehead atoms. The van der Waals surface area contributed by atoms with Gasteiger partial charge in [0.25, 0.3) is 0 Å². The zero-order valence-electron chi connectivity index (χ0n) is 11.3. The Morgan fingerprint density at radius 1 is 1.30 bits per heavy atom. The van der Waals surface area contributed by atoms with Gasteiger partial charge in [-0.2, -0.15) is 4.39 Å². The van der Waals surface area contributed by atoms with Crippen molar-refractivity contribution < 1.29 is 13.7 Å². The van der Waals surface area contributed by atoms with E-state index in [1.54, 1.807) is 6.07 Å². The molecule has 0 aliphatic rings. The highest BCUT2D eigenvalue weighted by Gasteiger charge is 2.14. The Morgan fingerprint density at radius 3 is 2.60 bits per heavy atom. The molecule has 0 unspecified atom stereocenters. The van der Waals surface area contributed by atoms with Crippen LogP contribution in [-0.2, 0) is 13.1 Å². The maximum Gasteiger partial charge on any atom is 0.304 e. The Hall–Kier alpha value is -2.21. The van der Waals surface area contributed by atoms with Crippen molar-refractivity contribution in [3.63, 3.8) is 0 Å². The van der Waals surface area contributed by atoms with Crippen LogP contribution in [0.1, 0.15) is 17.1 Å². The highest BCUT2D eigenvalue weighted by Crippen LogP contribution is 2.19. The summed E-state index contributed by atoms with van der Waals surface area (Å²) in [5.74, 6) is 0.858. The maximum atomic E-state index is 13.5. The van der Waals surface area contributed by atoms with Crippen LogP contribution in [0.4, 0.5) is 10.1 Å². The normalized spacial score (nSPS) is 11.0. The minimum atomic E-state index is -0.810. The Balaban J connectivity index is 2.02. The largest absolute Gasteiger partial charge is 0.465 e. The second-order valence-corrected chi connectivity index (χ2v) is 4.73. The number of nitro groups is 1. The van der Waals surface area contributed by atoms with E-state index in [1.807, 2.05) is 31.0 Å². The van der Waals surface area contributed by atoms with Crippen molar-refractivity contribution in [3.8, 4) is 0 Å². The van der Waals surface area contributed by atoms with Crippen molar-refractivity contribution >= 4 is 5.69 Å². The third kappa shape index (κ3) is 3.42. The van der Waals surface area contributed by atoms with E-state index in [1.165, 1.54) is 12.1 Å². The zero-order valence-corrected chi connectivity index (χ0v) is 11.3. The van der Waals surface area contributed by atoms with Crippen molar-refractivity contribution in [1.29, 1.82) is 0 Å². The van der Waals surface area contributed by atoms with Crippen LogP contribution in [0.2, 0.25) is 0 Å². The van der Waals surface area contributed by atoms with Crippen molar-refractivity contribution in [2.45, 2.75) is 20.0 Å². The summed E-state index contributed by atoms with van der Waals surface area (Å²) < 4.78 is 19.0. The van der Waals surface area contributed by atoms with Crippen LogP contribution < -0.4 is 0 Å². The van der Waals surface area contributed by atoms with Crippen molar-refractivity contribution in [2.75, 3.05) is 7.05 Å². The summed E-state index contributed by atoms with van der Waals surface area (Å²) in [6, 6.07) is 7.72. The molecule has 0 amide bonds. The lowest BCUT2D eigenvalue weighted by atomic mass is 10.2. The molecule has 5 nitrogen and oxygen atoms in total. The average molecular weight is 278 g/mol. The summed E-state index contributed by atoms with van der Waals surface area (Å²) in [5, 5.41) is 10.5. The highest BCUT2D eigenvalue weighted by atomic mass is 19.1. The first-order chi connectivity index (χ1) is 9.45. The molecule has 6 heteroatoms. The molecule has 2 aromatic rings. The van der Waals surface area contributed by atoms with Gasteiger partial charge in [0.15, 0.2) is 0 Å². The van der Waals surface area contributed by atoms with E-state index in [-0.39, 0.29) is 0 Å². The molecule has 0 aliphatic carbocycles. The van der Waals surface area contributed by atoms with Crippen LogP contribution in [0.25, 0.3) is 0 Å². The van der Waals surface area contributed by atoms with Gasteiger partial charge in [0.05, 0.1) is 11.5 Å². The van der Waals surface area contributed by atoms with Crippen LogP contribution in [0.5, 0.6) is 0 Å². The molecule has 1 aromatic carbocycles. The first-order valence-electron chi connectivity index (χ1n) is 6.12. The van der Waals surface area contributed by atoms with Gasteiger partial charge < -0.3 is 4.42 Å². The molecule has 106 valence electrons. The summed E-state index contributed by atoms with van der Waals surface area (Å²) in [5.41, 5.74) is 0.178. The van der Waals surface area contributed by atoms with Gasteiger partial charge in [-0.25, -0.2) is 0 Å². The third-order valence-electron chi connectivity index (χ3n) is 2.88. The Labute approximate surface area is 115 Å². The minimum absolute atomic E-state index is 0.481. The highest BCUT2D eigenvalue weighted by molar-refractivity contribution is 5.34. The average Bonchev–Trinajstić information content (AvgIpc) is 2.74. The fourth-order valence-corrected chi connectivity index (χ4v) is 2.00. The molecule has 1 aromatic heterocycles. The number of benzene rings is 1. The zero-order chi connectivity index (χ0) is 14.7. The second-order valence-electron chi connectivity index (χ2n) is 4.73. The number of hydrogen-bond donors (Lipinski definition) is 0. The van der Waals surface area contributed by atoms with E-state index in [2.05, 4.69) is 0 Å². The lowest BCUT2D eigenvalue weighted by Gasteiger charge is -2.15. The van der Waals surface area contributed by atoms with E-state index in [0.29, 0.717) is 18.7 Å². The summed E-state index contributed by atoms with van der Waals surface area (Å²) in [7, 11) is 1.87. The molecular weight excluding hydrogens is 263 g/mol. The molecule has 0 aliphatic heterocycles. The summed E-state index contributed by atoms with van der Waals surface area (Å²) in [6.45, 7) is 2.94. The molecule has 20 heavy (non-hydrogen) atoms. The Morgan fingerprint density at radius 2 is 2.05 bits per heavy atom. The predicted molar refractivity (Wildman–Crippen MR) is 71.7 cm³/mol. The first kappa shape index (κ1) is 14.2. The lowest BCUT2D eigenvalue weighted by molar-refractivity contribution is -0.387. The molecule has 0 atom stereocenters. The molecule has 0 saturated carbocycles. The van der Waals surface area contributed by atoms with Gasteiger partial charge in [0.2, 0.25) is 5.82 Å². The lowest BCUT2D eigenvalue weighted by Crippen LogP contribution is -2.17. The Bertz CT molecular complexity index is 625. The number of furan rings is 1. The summed E-state index contributed by atoms with van der Waals surface area (Å²) >= 11 is 0. The van der Waals surface area contributed by atoms with Gasteiger partial charge in [-0.3, -0.25) is 15.0 Å². The molecule has 0 fully saturated rings. The smallest absolute Gasteiger partial charge is 0.304 e. The van der Waals surface area contributed by atoms with Crippen molar-refractivity contribution in [2.24, 2.45) is 0 Å². The van der Waals surface area contributed by atoms with E-state index in [0.717, 1.165) is 11.5 Å². The van der Waals surface area contributed by atoms with Crippen LogP contribution in [0.15, 0.2) is 34.7 Å². The van der Waals surface area contributed by atoms with Gasteiger partial charge in [-0.1, -0.05) is 6.07 Å². The van der Waals surface area contributed by atoms with Gasteiger partial charge >= 0.3 is 5.69 Å².